The van der Waals surface area contributed by atoms with E-state index < -0.39 is 0 Å². The van der Waals surface area contributed by atoms with Gasteiger partial charge in [0, 0.05) is 11.8 Å². The van der Waals surface area contributed by atoms with Crippen molar-refractivity contribution in [1.29, 1.82) is 0 Å². The first-order chi connectivity index (χ1) is 6.70. The predicted molar refractivity (Wildman–Crippen MR) is 53.6 cm³/mol. The molecule has 0 aliphatic heterocycles. The van der Waals surface area contributed by atoms with Gasteiger partial charge in [-0.1, -0.05) is 0 Å². The van der Waals surface area contributed by atoms with E-state index in [1.807, 2.05) is 0 Å². The van der Waals surface area contributed by atoms with Gasteiger partial charge in [0.2, 0.25) is 7.26 Å². The van der Waals surface area contributed by atoms with E-state index in [2.05, 4.69) is 23.7 Å². The first kappa shape index (κ1) is 12.9. The van der Waals surface area contributed by atoms with Crippen LogP contribution in [-0.2, 0) is 6.61 Å². The molecule has 0 bridgehead atoms. The number of carbonyl (C=O) groups excluding carboxylic acids is 1. The van der Waals surface area contributed by atoms with Crippen LogP contribution in [0.5, 0.6) is 5.75 Å². The molecule has 0 atom stereocenters. The van der Waals surface area contributed by atoms with Crippen LogP contribution in [0, 0.1) is 6.92 Å². The molecule has 4 nitrogen and oxygen atoms in total. The Balaban J connectivity index is 0.000000791. The number of hydrogen-bond acceptors (Lipinski definition) is 4. The monoisotopic (exact) mass is 213 g/mol. The number of aldehydes is 1. The van der Waals surface area contributed by atoms with Gasteiger partial charge in [-0.25, -0.2) is 11.5 Å². The van der Waals surface area contributed by atoms with Crippen molar-refractivity contribution in [3.8, 4) is 5.75 Å². The number of pyridine rings is 1. The molecule has 0 saturated carbocycles. The maximum atomic E-state index is 10.5. The van der Waals surface area contributed by atoms with Crippen molar-refractivity contribution in [3.63, 3.8) is 0 Å². The van der Waals surface area contributed by atoms with Crippen molar-refractivity contribution in [2.75, 3.05) is 0 Å². The standard InChI is InChI=1S/C8H9NO3.BCl/c1-5-8(12)7(4-11)6(3-10)2-9-5;1-2/h2,4,10,12H,3H2,1H3;. The molecule has 0 unspecified atom stereocenters. The van der Waals surface area contributed by atoms with E-state index in [1.54, 1.807) is 6.92 Å². The van der Waals surface area contributed by atoms with Crippen LogP contribution in [0.1, 0.15) is 21.6 Å². The van der Waals surface area contributed by atoms with Crippen LogP contribution in [0.25, 0.3) is 0 Å². The highest BCUT2D eigenvalue weighted by Crippen LogP contribution is 2.21. The molecular weight excluding hydrogens is 204 g/mol. The third-order valence-electron chi connectivity index (χ3n) is 1.65. The summed E-state index contributed by atoms with van der Waals surface area (Å²) < 4.78 is 0. The number of aliphatic hydroxyl groups excluding tert-OH is 1. The number of hydrogen-bond donors (Lipinski definition) is 2. The Morgan fingerprint density at radius 2 is 2.21 bits per heavy atom. The maximum Gasteiger partial charge on any atom is 0.214 e. The molecule has 2 radical (unpaired) electrons. The molecule has 0 aliphatic carbocycles. The Bertz CT molecular complexity index is 320. The zero-order valence-electron chi connectivity index (χ0n) is 7.57. The highest BCUT2D eigenvalue weighted by Gasteiger charge is 2.09. The van der Waals surface area contributed by atoms with E-state index in [-0.39, 0.29) is 17.9 Å². The van der Waals surface area contributed by atoms with Crippen LogP contribution < -0.4 is 0 Å². The summed E-state index contributed by atoms with van der Waals surface area (Å²) >= 11 is 4.14. The molecule has 2 N–H and O–H groups in total. The lowest BCUT2D eigenvalue weighted by Gasteiger charge is -2.04. The fourth-order valence-electron chi connectivity index (χ4n) is 0.910. The molecule has 1 aromatic heterocycles. The number of aliphatic hydroxyl groups is 1. The topological polar surface area (TPSA) is 70.4 Å². The lowest BCUT2D eigenvalue weighted by molar-refractivity contribution is 0.111. The van der Waals surface area contributed by atoms with Gasteiger partial charge >= 0.3 is 0 Å². The minimum atomic E-state index is -0.297. The van der Waals surface area contributed by atoms with Crippen molar-refractivity contribution in [2.45, 2.75) is 13.5 Å². The van der Waals surface area contributed by atoms with Gasteiger partial charge in [-0.05, 0) is 6.92 Å². The molecule has 0 saturated heterocycles. The molecule has 0 spiro atoms. The average Bonchev–Trinajstić information content (AvgIpc) is 2.24. The van der Waals surface area contributed by atoms with Crippen LogP contribution >= 0.6 is 11.5 Å². The number of carbonyl (C=O) groups is 1. The SMILES string of the molecule is Cc1ncc(CO)c(C=O)c1O.[B]Cl. The summed E-state index contributed by atoms with van der Waals surface area (Å²) in [4.78, 5) is 14.2. The van der Waals surface area contributed by atoms with Gasteiger partial charge in [-0.2, -0.15) is 0 Å². The average molecular weight is 213 g/mol. The van der Waals surface area contributed by atoms with E-state index in [0.717, 1.165) is 0 Å². The van der Waals surface area contributed by atoms with Gasteiger partial charge in [-0.15, -0.1) is 0 Å². The van der Waals surface area contributed by atoms with Crippen LogP contribution in [-0.4, -0.2) is 28.7 Å². The first-order valence-electron chi connectivity index (χ1n) is 3.66. The van der Waals surface area contributed by atoms with E-state index >= 15 is 0 Å². The number of nitrogens with zero attached hydrogens (tertiary/aromatic N) is 1. The van der Waals surface area contributed by atoms with Gasteiger partial charge in [0.05, 0.1) is 17.9 Å². The summed E-state index contributed by atoms with van der Waals surface area (Å²) in [5.41, 5.74) is 0.840. The fourth-order valence-corrected chi connectivity index (χ4v) is 0.910. The van der Waals surface area contributed by atoms with E-state index in [9.17, 15) is 9.90 Å². The second kappa shape index (κ2) is 6.40. The zero-order chi connectivity index (χ0) is 11.1. The van der Waals surface area contributed by atoms with Crippen LogP contribution in [0.4, 0.5) is 0 Å². The third kappa shape index (κ3) is 2.72. The quantitative estimate of drug-likeness (QED) is 0.561. The lowest BCUT2D eigenvalue weighted by atomic mass is 10.1. The predicted octanol–water partition coefficient (Wildman–Crippen LogP) is 0.709. The molecule has 0 aliphatic rings. The van der Waals surface area contributed by atoms with Crippen LogP contribution in [0.15, 0.2) is 6.20 Å². The summed E-state index contributed by atoms with van der Waals surface area (Å²) in [6.45, 7) is 1.29. The minimum Gasteiger partial charge on any atom is -0.505 e. The third-order valence-corrected chi connectivity index (χ3v) is 1.65. The molecule has 0 amide bonds. The normalized spacial score (nSPS) is 8.79. The van der Waals surface area contributed by atoms with E-state index in [0.29, 0.717) is 17.5 Å². The summed E-state index contributed by atoms with van der Waals surface area (Å²) in [6, 6.07) is 0. The van der Waals surface area contributed by atoms with Gasteiger partial charge in [0.25, 0.3) is 0 Å². The molecule has 14 heavy (non-hydrogen) atoms. The van der Waals surface area contributed by atoms with E-state index in [1.165, 1.54) is 6.20 Å². The fraction of sp³-hybridized carbons (Fsp3) is 0.250. The molecular formula is C8H9BClNO3. The molecule has 1 heterocycles. The van der Waals surface area contributed by atoms with Gasteiger partial charge in [0.1, 0.15) is 5.75 Å². The molecule has 0 aromatic carbocycles. The summed E-state index contributed by atoms with van der Waals surface area (Å²) in [7, 11) is 3.97. The molecule has 1 aromatic rings. The molecule has 74 valence electrons. The second-order valence-corrected chi connectivity index (χ2v) is 2.41. The molecule has 6 heteroatoms. The molecule has 0 fully saturated rings. The summed E-state index contributed by atoms with van der Waals surface area (Å²) in [5, 5.41) is 18.1. The van der Waals surface area contributed by atoms with Gasteiger partial charge in [0.15, 0.2) is 6.29 Å². The Kier molecular flexibility index (Phi) is 5.91. The number of rotatable bonds is 2. The second-order valence-electron chi connectivity index (χ2n) is 2.41. The van der Waals surface area contributed by atoms with Gasteiger partial charge < -0.3 is 10.2 Å². The zero-order valence-corrected chi connectivity index (χ0v) is 8.32. The number of aryl methyl sites for hydroxylation is 1. The number of halogens is 1. The Morgan fingerprint density at radius 3 is 2.64 bits per heavy atom. The Morgan fingerprint density at radius 1 is 1.64 bits per heavy atom. The highest BCUT2D eigenvalue weighted by atomic mass is 35.5. The summed E-state index contributed by atoms with van der Waals surface area (Å²) in [6.07, 6.45) is 1.88. The van der Waals surface area contributed by atoms with Crippen LogP contribution in [0.3, 0.4) is 0 Å². The van der Waals surface area contributed by atoms with Gasteiger partial charge in [-0.3, -0.25) is 9.78 Å². The van der Waals surface area contributed by atoms with Crippen molar-refractivity contribution in [1.82, 2.24) is 4.98 Å². The first-order valence-corrected chi connectivity index (χ1v) is 4.09. The maximum absolute atomic E-state index is 10.5. The van der Waals surface area contributed by atoms with Crippen LogP contribution in [0.2, 0.25) is 0 Å². The Labute approximate surface area is 87.9 Å². The number of aromatic hydroxyl groups is 1. The molecule has 1 rings (SSSR count). The highest BCUT2D eigenvalue weighted by molar-refractivity contribution is 6.80. The van der Waals surface area contributed by atoms with Crippen molar-refractivity contribution >= 4 is 25.0 Å². The Hall–Kier alpha value is -1.07. The van der Waals surface area contributed by atoms with Crippen molar-refractivity contribution in [2.24, 2.45) is 0 Å². The largest absolute Gasteiger partial charge is 0.505 e. The smallest absolute Gasteiger partial charge is 0.214 e. The van der Waals surface area contributed by atoms with Crippen molar-refractivity contribution < 1.29 is 15.0 Å². The minimum absolute atomic E-state index is 0.116. The van der Waals surface area contributed by atoms with E-state index in [4.69, 9.17) is 5.11 Å². The number of aromatic nitrogens is 1. The summed E-state index contributed by atoms with van der Waals surface area (Å²) in [5.74, 6) is -0.156. The van der Waals surface area contributed by atoms with Crippen molar-refractivity contribution in [3.05, 3.63) is 23.0 Å². The lowest BCUT2D eigenvalue weighted by Crippen LogP contribution is -1.96.